The minimum absolute atomic E-state index is 0.0283. The highest BCUT2D eigenvalue weighted by Crippen LogP contribution is 2.28. The second kappa shape index (κ2) is 8.63. The van der Waals surface area contributed by atoms with Crippen molar-refractivity contribution in [2.45, 2.75) is 44.6 Å². The maximum absolute atomic E-state index is 13.0. The fourth-order valence-corrected chi connectivity index (χ4v) is 5.22. The van der Waals surface area contributed by atoms with Crippen LogP contribution >= 0.6 is 11.6 Å². The monoisotopic (exact) mass is 424 g/mol. The van der Waals surface area contributed by atoms with E-state index in [2.05, 4.69) is 24.3 Å². The van der Waals surface area contributed by atoms with Crippen molar-refractivity contribution >= 4 is 33.3 Å². The van der Waals surface area contributed by atoms with E-state index in [0.717, 1.165) is 19.3 Å². The molecule has 1 N–H and O–H groups in total. The Hall–Kier alpha value is -1.90. The van der Waals surface area contributed by atoms with Crippen LogP contribution in [-0.2, 0) is 16.6 Å². The molecule has 0 bridgehead atoms. The largest absolute Gasteiger partial charge is 0.307 e. The van der Waals surface area contributed by atoms with Gasteiger partial charge >= 0.3 is 0 Å². The first kappa shape index (κ1) is 20.8. The summed E-state index contributed by atoms with van der Waals surface area (Å²) < 4.78 is 29.1. The number of aromatic nitrogens is 2. The standard InChI is InChI=1S/C19H25ClN4O3S/c1-14(2)13-24-18(8-9-21-24)22-19(25)15-6-7-16(20)17(12-15)28(26,27)23-10-4-3-5-11-23/h6-9,12,14H,3-5,10-11,13H2,1-2H3,(H,22,25). The topological polar surface area (TPSA) is 84.3 Å². The van der Waals surface area contributed by atoms with Gasteiger partial charge in [0.2, 0.25) is 10.0 Å². The zero-order valence-electron chi connectivity index (χ0n) is 16.1. The molecule has 9 heteroatoms. The van der Waals surface area contributed by atoms with Crippen LogP contribution in [0.5, 0.6) is 0 Å². The van der Waals surface area contributed by atoms with Gasteiger partial charge in [-0.15, -0.1) is 0 Å². The number of sulfonamides is 1. The van der Waals surface area contributed by atoms with E-state index in [4.69, 9.17) is 11.6 Å². The second-order valence-corrected chi connectivity index (χ2v) is 9.67. The lowest BCUT2D eigenvalue weighted by Crippen LogP contribution is -2.35. The number of benzene rings is 1. The fourth-order valence-electron chi connectivity index (χ4n) is 3.21. The number of piperidine rings is 1. The number of nitrogens with zero attached hydrogens (tertiary/aromatic N) is 3. The number of nitrogens with one attached hydrogen (secondary N) is 1. The Bertz CT molecular complexity index is 950. The van der Waals surface area contributed by atoms with Crippen LogP contribution in [0, 0.1) is 5.92 Å². The minimum atomic E-state index is -3.73. The number of anilines is 1. The predicted octanol–water partition coefficient (Wildman–Crippen LogP) is 3.62. The summed E-state index contributed by atoms with van der Waals surface area (Å²) in [4.78, 5) is 12.7. The van der Waals surface area contributed by atoms with Crippen LogP contribution in [0.1, 0.15) is 43.5 Å². The second-order valence-electron chi connectivity index (χ2n) is 7.36. The normalized spacial score (nSPS) is 15.7. The highest BCUT2D eigenvalue weighted by molar-refractivity contribution is 7.89. The molecule has 0 atom stereocenters. The van der Waals surface area contributed by atoms with E-state index >= 15 is 0 Å². The van der Waals surface area contributed by atoms with Gasteiger partial charge in [0.1, 0.15) is 10.7 Å². The molecule has 0 radical (unpaired) electrons. The molecule has 2 heterocycles. The Kier molecular flexibility index (Phi) is 6.42. The Morgan fingerprint density at radius 2 is 1.93 bits per heavy atom. The van der Waals surface area contributed by atoms with Gasteiger partial charge in [0.25, 0.3) is 5.91 Å². The summed E-state index contributed by atoms with van der Waals surface area (Å²) in [6, 6.07) is 6.04. The maximum Gasteiger partial charge on any atom is 0.256 e. The van der Waals surface area contributed by atoms with Crippen molar-refractivity contribution in [1.29, 1.82) is 0 Å². The molecule has 0 saturated carbocycles. The molecule has 1 aromatic heterocycles. The van der Waals surface area contributed by atoms with Crippen LogP contribution in [0.25, 0.3) is 0 Å². The van der Waals surface area contributed by atoms with E-state index in [1.807, 2.05) is 0 Å². The Morgan fingerprint density at radius 1 is 1.21 bits per heavy atom. The number of hydrogen-bond acceptors (Lipinski definition) is 4. The fraction of sp³-hybridized carbons (Fsp3) is 0.474. The van der Waals surface area contributed by atoms with Crippen LogP contribution in [0.4, 0.5) is 5.82 Å². The first-order valence-corrected chi connectivity index (χ1v) is 11.2. The lowest BCUT2D eigenvalue weighted by atomic mass is 10.2. The Labute approximate surface area is 170 Å². The van der Waals surface area contributed by atoms with Crippen molar-refractivity contribution in [2.75, 3.05) is 18.4 Å². The first-order valence-electron chi connectivity index (χ1n) is 9.42. The third-order valence-corrected chi connectivity index (χ3v) is 7.00. The van der Waals surface area contributed by atoms with Gasteiger partial charge in [-0.25, -0.2) is 13.1 Å². The van der Waals surface area contributed by atoms with Gasteiger partial charge < -0.3 is 5.32 Å². The Balaban J connectivity index is 1.85. The molecular formula is C19H25ClN4O3S. The Morgan fingerprint density at radius 3 is 2.61 bits per heavy atom. The van der Waals surface area contributed by atoms with Gasteiger partial charge in [-0.2, -0.15) is 9.40 Å². The van der Waals surface area contributed by atoms with Crippen LogP contribution in [-0.4, -0.2) is 41.5 Å². The number of amides is 1. The molecular weight excluding hydrogens is 400 g/mol. The molecule has 1 aliphatic heterocycles. The van der Waals surface area contributed by atoms with Crippen molar-refractivity contribution in [3.05, 3.63) is 41.0 Å². The van der Waals surface area contributed by atoms with Gasteiger partial charge in [0, 0.05) is 31.3 Å². The number of rotatable bonds is 6. The lowest BCUT2D eigenvalue weighted by Gasteiger charge is -2.26. The highest BCUT2D eigenvalue weighted by atomic mass is 35.5. The first-order chi connectivity index (χ1) is 13.3. The molecule has 1 aliphatic rings. The number of hydrogen-bond donors (Lipinski definition) is 1. The zero-order chi connectivity index (χ0) is 20.3. The number of halogens is 1. The SMILES string of the molecule is CC(C)Cn1nccc1NC(=O)c1ccc(Cl)c(S(=O)(=O)N2CCCCC2)c1. The molecule has 0 unspecified atom stereocenters. The molecule has 152 valence electrons. The van der Waals surface area contributed by atoms with Crippen LogP contribution in [0.2, 0.25) is 5.02 Å². The highest BCUT2D eigenvalue weighted by Gasteiger charge is 2.28. The van der Waals surface area contributed by atoms with Crippen molar-refractivity contribution in [3.8, 4) is 0 Å². The maximum atomic E-state index is 13.0. The average molecular weight is 425 g/mol. The van der Waals surface area contributed by atoms with E-state index in [1.165, 1.54) is 22.5 Å². The quantitative estimate of drug-likeness (QED) is 0.767. The number of carbonyl (C=O) groups is 1. The molecule has 3 rings (SSSR count). The molecule has 1 fully saturated rings. The summed E-state index contributed by atoms with van der Waals surface area (Å²) in [5.41, 5.74) is 0.234. The van der Waals surface area contributed by atoms with E-state index < -0.39 is 15.9 Å². The van der Waals surface area contributed by atoms with Gasteiger partial charge in [0.05, 0.1) is 11.2 Å². The molecule has 0 aliphatic carbocycles. The minimum Gasteiger partial charge on any atom is -0.307 e. The lowest BCUT2D eigenvalue weighted by molar-refractivity contribution is 0.102. The zero-order valence-corrected chi connectivity index (χ0v) is 17.6. The van der Waals surface area contributed by atoms with E-state index in [0.29, 0.717) is 31.4 Å². The van der Waals surface area contributed by atoms with Crippen LogP contribution < -0.4 is 5.32 Å². The summed E-state index contributed by atoms with van der Waals surface area (Å²) >= 11 is 6.18. The smallest absolute Gasteiger partial charge is 0.256 e. The van der Waals surface area contributed by atoms with Gasteiger partial charge in [-0.3, -0.25) is 4.79 Å². The van der Waals surface area contributed by atoms with Gasteiger partial charge in [-0.05, 0) is 37.0 Å². The average Bonchev–Trinajstić information content (AvgIpc) is 3.08. The number of carbonyl (C=O) groups excluding carboxylic acids is 1. The summed E-state index contributed by atoms with van der Waals surface area (Å²) in [5.74, 6) is 0.527. The third-order valence-electron chi connectivity index (χ3n) is 4.62. The molecule has 0 spiro atoms. The van der Waals surface area contributed by atoms with E-state index in [9.17, 15) is 13.2 Å². The summed E-state index contributed by atoms with van der Waals surface area (Å²) in [7, 11) is -3.73. The summed E-state index contributed by atoms with van der Waals surface area (Å²) in [6.07, 6.45) is 4.30. The molecule has 1 aromatic carbocycles. The predicted molar refractivity (Wildman–Crippen MR) is 109 cm³/mol. The van der Waals surface area contributed by atoms with Crippen LogP contribution in [0.3, 0.4) is 0 Å². The van der Waals surface area contributed by atoms with Crippen molar-refractivity contribution in [3.63, 3.8) is 0 Å². The molecule has 1 saturated heterocycles. The molecule has 2 aromatic rings. The van der Waals surface area contributed by atoms with Crippen molar-refractivity contribution < 1.29 is 13.2 Å². The van der Waals surface area contributed by atoms with Gasteiger partial charge in [-0.1, -0.05) is 31.9 Å². The van der Waals surface area contributed by atoms with Crippen molar-refractivity contribution in [2.24, 2.45) is 5.92 Å². The molecule has 7 nitrogen and oxygen atoms in total. The van der Waals surface area contributed by atoms with Crippen LogP contribution in [0.15, 0.2) is 35.4 Å². The molecule has 28 heavy (non-hydrogen) atoms. The summed E-state index contributed by atoms with van der Waals surface area (Å²) in [5, 5.41) is 7.13. The van der Waals surface area contributed by atoms with E-state index in [-0.39, 0.29) is 15.5 Å². The third kappa shape index (κ3) is 4.56. The van der Waals surface area contributed by atoms with Crippen molar-refractivity contribution in [1.82, 2.24) is 14.1 Å². The van der Waals surface area contributed by atoms with E-state index in [1.54, 1.807) is 16.9 Å². The van der Waals surface area contributed by atoms with Gasteiger partial charge in [0.15, 0.2) is 0 Å². The summed E-state index contributed by atoms with van der Waals surface area (Å²) in [6.45, 7) is 5.74. The molecule has 1 amide bonds.